The average molecular weight is 253 g/mol. The van der Waals surface area contributed by atoms with Crippen LogP contribution in [0.15, 0.2) is 48.9 Å². The van der Waals surface area contributed by atoms with Crippen LogP contribution in [0.2, 0.25) is 0 Å². The van der Waals surface area contributed by atoms with Gasteiger partial charge in [0, 0.05) is 29.5 Å². The zero-order chi connectivity index (χ0) is 13.1. The van der Waals surface area contributed by atoms with Gasteiger partial charge in [0.25, 0.3) is 0 Å². The fourth-order valence-electron chi connectivity index (χ4n) is 1.74. The highest BCUT2D eigenvalue weighted by atomic mass is 16.5. The van der Waals surface area contributed by atoms with Gasteiger partial charge in [-0.2, -0.15) is 0 Å². The molecule has 19 heavy (non-hydrogen) atoms. The molecule has 0 aliphatic carbocycles. The van der Waals surface area contributed by atoms with Crippen molar-refractivity contribution in [1.82, 2.24) is 15.0 Å². The van der Waals surface area contributed by atoms with E-state index in [4.69, 9.17) is 9.84 Å². The third-order valence-corrected chi connectivity index (χ3v) is 2.67. The van der Waals surface area contributed by atoms with Gasteiger partial charge in [-0.15, -0.1) is 0 Å². The van der Waals surface area contributed by atoms with E-state index >= 15 is 0 Å². The van der Waals surface area contributed by atoms with Crippen molar-refractivity contribution in [3.05, 3.63) is 54.5 Å². The van der Waals surface area contributed by atoms with Crippen LogP contribution >= 0.6 is 0 Å². The molecule has 0 spiro atoms. The summed E-state index contributed by atoms with van der Waals surface area (Å²) in [5, 5.41) is 9.83. The van der Waals surface area contributed by atoms with E-state index in [-0.39, 0.29) is 12.6 Å². The lowest BCUT2D eigenvalue weighted by Crippen LogP contribution is -1.94. The molecule has 0 bridgehead atoms. The summed E-state index contributed by atoms with van der Waals surface area (Å²) in [6, 6.07) is 9.65. The first-order valence-electron chi connectivity index (χ1n) is 5.80. The molecule has 0 atom stereocenters. The van der Waals surface area contributed by atoms with Gasteiger partial charge in [0.15, 0.2) is 0 Å². The standard InChI is InChI=1S/C14H11N3O2/c18-9-10-7-16-14(17-8-10)19-13-5-1-4-12-11(13)3-2-6-15-12/h1-8,18H,9H2. The predicted octanol–water partition coefficient (Wildman–Crippen LogP) is 2.31. The van der Waals surface area contributed by atoms with Crippen LogP contribution in [0.3, 0.4) is 0 Å². The second kappa shape index (κ2) is 4.99. The number of benzene rings is 1. The Balaban J connectivity index is 1.96. The van der Waals surface area contributed by atoms with E-state index in [1.807, 2.05) is 30.3 Å². The molecule has 0 fully saturated rings. The number of hydrogen-bond donors (Lipinski definition) is 1. The van der Waals surface area contributed by atoms with E-state index in [1.54, 1.807) is 6.20 Å². The van der Waals surface area contributed by atoms with Crippen molar-refractivity contribution < 1.29 is 9.84 Å². The summed E-state index contributed by atoms with van der Waals surface area (Å²) in [5.74, 6) is 0.655. The van der Waals surface area contributed by atoms with Crippen LogP contribution in [0.25, 0.3) is 10.9 Å². The highest BCUT2D eigenvalue weighted by Crippen LogP contribution is 2.26. The highest BCUT2D eigenvalue weighted by Gasteiger charge is 2.05. The molecule has 1 N–H and O–H groups in total. The first-order chi connectivity index (χ1) is 9.36. The van der Waals surface area contributed by atoms with Crippen molar-refractivity contribution in [3.8, 4) is 11.8 Å². The van der Waals surface area contributed by atoms with Crippen LogP contribution in [0.1, 0.15) is 5.56 Å². The minimum Gasteiger partial charge on any atom is -0.424 e. The van der Waals surface area contributed by atoms with Crippen molar-refractivity contribution >= 4 is 10.9 Å². The molecule has 3 rings (SSSR count). The fraction of sp³-hybridized carbons (Fsp3) is 0.0714. The Morgan fingerprint density at radius 1 is 1.00 bits per heavy atom. The molecular formula is C14H11N3O2. The second-order valence-electron chi connectivity index (χ2n) is 3.96. The number of fused-ring (bicyclic) bond motifs is 1. The van der Waals surface area contributed by atoms with Crippen molar-refractivity contribution in [2.75, 3.05) is 0 Å². The summed E-state index contributed by atoms with van der Waals surface area (Å²) in [6.45, 7) is -0.0849. The maximum Gasteiger partial charge on any atom is 0.321 e. The predicted molar refractivity (Wildman–Crippen MR) is 69.8 cm³/mol. The number of aliphatic hydroxyl groups is 1. The molecule has 1 aromatic carbocycles. The molecule has 0 aliphatic heterocycles. The zero-order valence-corrected chi connectivity index (χ0v) is 10.0. The summed E-state index contributed by atoms with van der Waals surface area (Å²) < 4.78 is 5.65. The molecule has 94 valence electrons. The maximum atomic E-state index is 8.93. The molecule has 2 heterocycles. The number of aromatic nitrogens is 3. The van der Waals surface area contributed by atoms with E-state index in [0.717, 1.165) is 10.9 Å². The van der Waals surface area contributed by atoms with Crippen LogP contribution in [0.4, 0.5) is 0 Å². The van der Waals surface area contributed by atoms with Gasteiger partial charge in [0.05, 0.1) is 12.1 Å². The topological polar surface area (TPSA) is 68.1 Å². The zero-order valence-electron chi connectivity index (χ0n) is 10.0. The first-order valence-corrected chi connectivity index (χ1v) is 5.80. The molecule has 3 aromatic rings. The van der Waals surface area contributed by atoms with Gasteiger partial charge >= 0.3 is 6.01 Å². The van der Waals surface area contributed by atoms with Gasteiger partial charge < -0.3 is 9.84 Å². The maximum absolute atomic E-state index is 8.93. The molecule has 5 nitrogen and oxygen atoms in total. The lowest BCUT2D eigenvalue weighted by Gasteiger charge is -2.06. The van der Waals surface area contributed by atoms with Crippen LogP contribution < -0.4 is 4.74 Å². The van der Waals surface area contributed by atoms with Gasteiger partial charge in [-0.25, -0.2) is 9.97 Å². The summed E-state index contributed by atoms with van der Waals surface area (Å²) in [7, 11) is 0. The largest absolute Gasteiger partial charge is 0.424 e. The average Bonchev–Trinajstić information content (AvgIpc) is 2.48. The molecule has 5 heteroatoms. The third kappa shape index (κ3) is 2.36. The number of pyridine rings is 1. The van der Waals surface area contributed by atoms with Gasteiger partial charge in [-0.05, 0) is 24.3 Å². The molecule has 0 saturated heterocycles. The Morgan fingerprint density at radius 3 is 2.63 bits per heavy atom. The van der Waals surface area contributed by atoms with E-state index in [2.05, 4.69) is 15.0 Å². The van der Waals surface area contributed by atoms with Crippen LogP contribution in [-0.4, -0.2) is 20.1 Å². The monoisotopic (exact) mass is 253 g/mol. The van der Waals surface area contributed by atoms with Crippen molar-refractivity contribution in [1.29, 1.82) is 0 Å². The Labute approximate surface area is 109 Å². The number of hydrogen-bond acceptors (Lipinski definition) is 5. The van der Waals surface area contributed by atoms with E-state index < -0.39 is 0 Å². The summed E-state index contributed by atoms with van der Waals surface area (Å²) in [5.41, 5.74) is 1.50. The minimum atomic E-state index is -0.0849. The molecule has 2 aromatic heterocycles. The van der Waals surface area contributed by atoms with Crippen molar-refractivity contribution in [3.63, 3.8) is 0 Å². The van der Waals surface area contributed by atoms with Crippen molar-refractivity contribution in [2.45, 2.75) is 6.61 Å². The minimum absolute atomic E-state index is 0.0849. The van der Waals surface area contributed by atoms with E-state index in [9.17, 15) is 0 Å². The molecule has 0 saturated carbocycles. The Hall–Kier alpha value is -2.53. The summed E-state index contributed by atoms with van der Waals surface area (Å²) in [4.78, 5) is 12.3. The van der Waals surface area contributed by atoms with E-state index in [0.29, 0.717) is 11.3 Å². The lowest BCUT2D eigenvalue weighted by atomic mass is 10.2. The molecular weight excluding hydrogens is 242 g/mol. The van der Waals surface area contributed by atoms with Crippen LogP contribution in [0, 0.1) is 0 Å². The Bertz CT molecular complexity index is 693. The number of ether oxygens (including phenoxy) is 1. The number of aliphatic hydroxyl groups excluding tert-OH is 1. The Morgan fingerprint density at radius 2 is 1.84 bits per heavy atom. The van der Waals surface area contributed by atoms with Gasteiger partial charge in [-0.3, -0.25) is 4.98 Å². The second-order valence-corrected chi connectivity index (χ2v) is 3.96. The van der Waals surface area contributed by atoms with Gasteiger partial charge in [0.2, 0.25) is 0 Å². The fourth-order valence-corrected chi connectivity index (χ4v) is 1.74. The number of nitrogens with zero attached hydrogens (tertiary/aromatic N) is 3. The highest BCUT2D eigenvalue weighted by molar-refractivity contribution is 5.84. The molecule has 0 radical (unpaired) electrons. The molecule has 0 amide bonds. The van der Waals surface area contributed by atoms with Crippen LogP contribution in [0.5, 0.6) is 11.8 Å². The quantitative estimate of drug-likeness (QED) is 0.775. The third-order valence-electron chi connectivity index (χ3n) is 2.67. The smallest absolute Gasteiger partial charge is 0.321 e. The van der Waals surface area contributed by atoms with Gasteiger partial charge in [0.1, 0.15) is 5.75 Å². The first kappa shape index (κ1) is 11.6. The van der Waals surface area contributed by atoms with E-state index in [1.165, 1.54) is 12.4 Å². The lowest BCUT2D eigenvalue weighted by molar-refractivity contribution is 0.280. The SMILES string of the molecule is OCc1cnc(Oc2cccc3ncccc23)nc1. The summed E-state index contributed by atoms with van der Waals surface area (Å²) in [6.07, 6.45) is 4.80. The summed E-state index contributed by atoms with van der Waals surface area (Å²) >= 11 is 0. The number of rotatable bonds is 3. The molecule has 0 unspecified atom stereocenters. The normalized spacial score (nSPS) is 10.6. The van der Waals surface area contributed by atoms with Gasteiger partial charge in [-0.1, -0.05) is 6.07 Å². The molecule has 0 aliphatic rings. The van der Waals surface area contributed by atoms with Crippen molar-refractivity contribution in [2.24, 2.45) is 0 Å². The van der Waals surface area contributed by atoms with Crippen LogP contribution in [-0.2, 0) is 6.61 Å². The Kier molecular flexibility index (Phi) is 3.04.